The summed E-state index contributed by atoms with van der Waals surface area (Å²) in [6, 6.07) is 0. The average Bonchev–Trinajstić information content (AvgIpc) is 3.43. The Morgan fingerprint density at radius 3 is 1.72 bits per heavy atom. The van der Waals surface area contributed by atoms with Gasteiger partial charge in [0, 0.05) is 26.2 Å². The van der Waals surface area contributed by atoms with Gasteiger partial charge in [0.2, 0.25) is 12.7 Å². The van der Waals surface area contributed by atoms with E-state index in [9.17, 15) is 0 Å². The van der Waals surface area contributed by atoms with Crippen LogP contribution in [-0.2, 0) is 33.8 Å². The number of fused-ring (bicyclic) bond motifs is 2. The Morgan fingerprint density at radius 2 is 1.28 bits per heavy atom. The first kappa shape index (κ1) is 16.8. The summed E-state index contributed by atoms with van der Waals surface area (Å²) in [4.78, 5) is 17.4. The Labute approximate surface area is 146 Å². The van der Waals surface area contributed by atoms with Gasteiger partial charge in [0.15, 0.2) is 6.35 Å². The van der Waals surface area contributed by atoms with Gasteiger partial charge in [-0.15, -0.1) is 0 Å². The first-order chi connectivity index (χ1) is 12.3. The number of hydrogen-bond acceptors (Lipinski definition) is 10. The van der Waals surface area contributed by atoms with E-state index in [-0.39, 0.29) is 24.7 Å². The molecular weight excluding hydrogens is 334 g/mol. The van der Waals surface area contributed by atoms with Crippen LogP contribution in [0, 0.1) is 0 Å². The smallest absolute Gasteiger partial charge is 0.212 e. The fourth-order valence-corrected chi connectivity index (χ4v) is 3.39. The molecular formula is C15H25N3O7. The van der Waals surface area contributed by atoms with E-state index in [2.05, 4.69) is 21.6 Å². The second-order valence-electron chi connectivity index (χ2n) is 7.07. The minimum absolute atomic E-state index is 0.203. The Kier molecular flexibility index (Phi) is 4.67. The van der Waals surface area contributed by atoms with Crippen molar-refractivity contribution in [3.05, 3.63) is 0 Å². The standard InChI is InChI=1S/C15H25N3O7/c1-2-3-19-13-16(4-10-7-20-10)14-18(6-12-9-22-12)15(24-25-23-14)17(13)5-11-8-21-11/h10-15H,2-9H2,1H3. The lowest BCUT2D eigenvalue weighted by Gasteiger charge is -2.56. The van der Waals surface area contributed by atoms with Crippen molar-refractivity contribution in [1.82, 2.24) is 14.7 Å². The Balaban J connectivity index is 1.41. The predicted molar refractivity (Wildman–Crippen MR) is 80.2 cm³/mol. The molecule has 10 heteroatoms. The van der Waals surface area contributed by atoms with E-state index in [4.69, 9.17) is 33.8 Å². The molecule has 5 atom stereocenters. The molecule has 5 rings (SSSR count). The van der Waals surface area contributed by atoms with Crippen LogP contribution in [0.4, 0.5) is 0 Å². The molecule has 5 aliphatic rings. The molecule has 5 heterocycles. The van der Waals surface area contributed by atoms with Crippen LogP contribution in [-0.4, -0.2) is 98.1 Å². The van der Waals surface area contributed by atoms with Crippen LogP contribution >= 0.6 is 0 Å². The van der Waals surface area contributed by atoms with E-state index in [1.165, 1.54) is 0 Å². The van der Waals surface area contributed by atoms with Crippen molar-refractivity contribution >= 4 is 0 Å². The van der Waals surface area contributed by atoms with Crippen LogP contribution < -0.4 is 0 Å². The molecule has 0 spiro atoms. The highest BCUT2D eigenvalue weighted by atomic mass is 17.5. The normalized spacial score (nSPS) is 44.0. The first-order valence-corrected chi connectivity index (χ1v) is 9.06. The first-order valence-electron chi connectivity index (χ1n) is 9.06. The largest absolute Gasteiger partial charge is 0.372 e. The molecule has 25 heavy (non-hydrogen) atoms. The number of ether oxygens (including phenoxy) is 4. The van der Waals surface area contributed by atoms with Crippen LogP contribution in [0.1, 0.15) is 13.3 Å². The molecule has 5 saturated heterocycles. The van der Waals surface area contributed by atoms with Gasteiger partial charge in [-0.05, 0) is 6.42 Å². The van der Waals surface area contributed by atoms with Crippen LogP contribution in [0.25, 0.3) is 0 Å². The van der Waals surface area contributed by atoms with E-state index in [0.717, 1.165) is 26.2 Å². The third-order valence-electron chi connectivity index (χ3n) is 4.87. The summed E-state index contributed by atoms with van der Waals surface area (Å²) in [5.74, 6) is 0. The maximum atomic E-state index is 6.19. The number of epoxide rings is 3. The molecule has 0 aromatic heterocycles. The molecule has 5 aliphatic heterocycles. The van der Waals surface area contributed by atoms with Crippen molar-refractivity contribution in [1.29, 1.82) is 0 Å². The number of rotatable bonds is 9. The zero-order valence-corrected chi connectivity index (χ0v) is 14.3. The zero-order chi connectivity index (χ0) is 16.8. The lowest BCUT2D eigenvalue weighted by atomic mass is 10.3. The van der Waals surface area contributed by atoms with Gasteiger partial charge in [0.1, 0.15) is 0 Å². The van der Waals surface area contributed by atoms with Crippen molar-refractivity contribution in [2.24, 2.45) is 0 Å². The van der Waals surface area contributed by atoms with Crippen LogP contribution in [0.3, 0.4) is 0 Å². The molecule has 5 unspecified atom stereocenters. The fraction of sp³-hybridized carbons (Fsp3) is 1.00. The van der Waals surface area contributed by atoms with E-state index < -0.39 is 12.7 Å². The molecule has 0 N–H and O–H groups in total. The molecule has 2 bridgehead atoms. The van der Waals surface area contributed by atoms with Crippen molar-refractivity contribution in [2.75, 3.05) is 46.1 Å². The van der Waals surface area contributed by atoms with Gasteiger partial charge < -0.3 is 18.9 Å². The molecule has 0 saturated carbocycles. The van der Waals surface area contributed by atoms with Gasteiger partial charge in [-0.1, -0.05) is 12.0 Å². The maximum absolute atomic E-state index is 6.19. The second-order valence-corrected chi connectivity index (χ2v) is 7.07. The summed E-state index contributed by atoms with van der Waals surface area (Å²) in [7, 11) is 0. The third kappa shape index (κ3) is 3.69. The second kappa shape index (κ2) is 6.97. The third-order valence-corrected chi connectivity index (χ3v) is 4.87. The van der Waals surface area contributed by atoms with Gasteiger partial charge in [0.25, 0.3) is 0 Å². The van der Waals surface area contributed by atoms with Crippen LogP contribution in [0.2, 0.25) is 0 Å². The van der Waals surface area contributed by atoms with Crippen molar-refractivity contribution in [3.8, 4) is 0 Å². The minimum Gasteiger partial charge on any atom is -0.372 e. The molecule has 0 amide bonds. The molecule has 0 aromatic carbocycles. The highest BCUT2D eigenvalue weighted by Crippen LogP contribution is 2.35. The quantitative estimate of drug-likeness (QED) is 0.388. The van der Waals surface area contributed by atoms with Gasteiger partial charge >= 0.3 is 0 Å². The van der Waals surface area contributed by atoms with E-state index in [1.807, 2.05) is 0 Å². The summed E-state index contributed by atoms with van der Waals surface area (Å²) < 4.78 is 22.5. The van der Waals surface area contributed by atoms with Gasteiger partial charge in [0.05, 0.1) is 38.1 Å². The monoisotopic (exact) mass is 359 g/mol. The number of nitrogens with zero attached hydrogens (tertiary/aromatic N) is 3. The van der Waals surface area contributed by atoms with E-state index in [1.54, 1.807) is 0 Å². The zero-order valence-electron chi connectivity index (χ0n) is 14.3. The highest BCUT2D eigenvalue weighted by Gasteiger charge is 2.55. The summed E-state index contributed by atoms with van der Waals surface area (Å²) >= 11 is 0. The van der Waals surface area contributed by atoms with Crippen molar-refractivity contribution < 1.29 is 33.8 Å². The SMILES string of the molecule is CCCOC1N(CC2CO2)C2OOOC(N1CC1CO1)N2CC1CO1. The van der Waals surface area contributed by atoms with E-state index >= 15 is 0 Å². The van der Waals surface area contributed by atoms with Crippen LogP contribution in [0.15, 0.2) is 0 Å². The Bertz CT molecular complexity index is 444. The predicted octanol–water partition coefficient (Wildman–Crippen LogP) is -0.727. The average molecular weight is 359 g/mol. The molecule has 0 aromatic rings. The fourth-order valence-electron chi connectivity index (χ4n) is 3.39. The summed E-state index contributed by atoms with van der Waals surface area (Å²) in [6.07, 6.45) is 0.481. The van der Waals surface area contributed by atoms with Gasteiger partial charge in [-0.25, -0.2) is 14.7 Å². The number of hydrogen-bond donors (Lipinski definition) is 0. The molecule has 142 valence electrons. The summed E-state index contributed by atoms with van der Waals surface area (Å²) in [5.41, 5.74) is 0. The lowest BCUT2D eigenvalue weighted by molar-refractivity contribution is -0.645. The van der Waals surface area contributed by atoms with Gasteiger partial charge in [-0.3, -0.25) is 0 Å². The molecule has 0 aliphatic carbocycles. The molecule has 10 nitrogen and oxygen atoms in total. The highest BCUT2D eigenvalue weighted by molar-refractivity contribution is 4.90. The summed E-state index contributed by atoms with van der Waals surface area (Å²) in [6.45, 7) is 7.18. The van der Waals surface area contributed by atoms with Crippen molar-refractivity contribution in [3.63, 3.8) is 0 Å². The minimum atomic E-state index is -0.398. The van der Waals surface area contributed by atoms with Crippen LogP contribution in [0.5, 0.6) is 0 Å². The van der Waals surface area contributed by atoms with Gasteiger partial charge in [-0.2, -0.15) is 9.78 Å². The Morgan fingerprint density at radius 1 is 0.800 bits per heavy atom. The molecule has 5 fully saturated rings. The summed E-state index contributed by atoms with van der Waals surface area (Å²) in [5, 5.41) is 4.98. The van der Waals surface area contributed by atoms with Crippen molar-refractivity contribution in [2.45, 2.75) is 50.7 Å². The van der Waals surface area contributed by atoms with E-state index in [0.29, 0.717) is 26.2 Å². The lowest BCUT2D eigenvalue weighted by Crippen LogP contribution is -2.75. The molecule has 0 radical (unpaired) electrons. The maximum Gasteiger partial charge on any atom is 0.212 e. The topological polar surface area (TPSA) is 84.2 Å². The Hall–Kier alpha value is -0.400.